The molecule has 1 amide bonds. The van der Waals surface area contributed by atoms with Crippen LogP contribution >= 0.6 is 11.6 Å². The lowest BCUT2D eigenvalue weighted by molar-refractivity contribution is 0.0735. The van der Waals surface area contributed by atoms with Crippen molar-refractivity contribution in [2.45, 2.75) is 6.92 Å². The smallest absolute Gasteiger partial charge is 0.293 e. The summed E-state index contributed by atoms with van der Waals surface area (Å²) in [6.45, 7) is 4.68. The summed E-state index contributed by atoms with van der Waals surface area (Å²) < 4.78 is 0. The molecule has 1 aromatic carbocycles. The number of hydrogen-bond donors (Lipinski definition) is 1. The van der Waals surface area contributed by atoms with Gasteiger partial charge in [-0.1, -0.05) is 11.6 Å². The summed E-state index contributed by atoms with van der Waals surface area (Å²) in [7, 11) is 0. The molecule has 0 aliphatic carbocycles. The number of benzene rings is 1. The zero-order valence-corrected chi connectivity index (χ0v) is 12.5. The Balaban J connectivity index is 1.62. The summed E-state index contributed by atoms with van der Waals surface area (Å²) in [6, 6.07) is 7.76. The van der Waals surface area contributed by atoms with Crippen LogP contribution in [0.15, 0.2) is 24.3 Å². The number of halogens is 1. The fourth-order valence-corrected chi connectivity index (χ4v) is 2.53. The number of aromatic nitrogens is 3. The predicted molar refractivity (Wildman–Crippen MR) is 80.7 cm³/mol. The van der Waals surface area contributed by atoms with Crippen molar-refractivity contribution in [3.05, 3.63) is 40.9 Å². The molecule has 0 saturated carbocycles. The molecule has 110 valence electrons. The van der Waals surface area contributed by atoms with Crippen molar-refractivity contribution in [3.63, 3.8) is 0 Å². The van der Waals surface area contributed by atoms with Crippen molar-refractivity contribution in [2.24, 2.45) is 0 Å². The molecule has 0 bridgehead atoms. The highest BCUT2D eigenvalue weighted by Crippen LogP contribution is 2.19. The van der Waals surface area contributed by atoms with Gasteiger partial charge in [-0.25, -0.2) is 4.98 Å². The van der Waals surface area contributed by atoms with E-state index in [2.05, 4.69) is 20.1 Å². The lowest BCUT2D eigenvalue weighted by Crippen LogP contribution is -2.49. The highest BCUT2D eigenvalue weighted by Gasteiger charge is 2.24. The van der Waals surface area contributed by atoms with Crippen LogP contribution in [0.1, 0.15) is 16.4 Å². The van der Waals surface area contributed by atoms with E-state index in [0.717, 1.165) is 23.8 Å². The molecule has 0 radical (unpaired) electrons. The first-order valence-corrected chi connectivity index (χ1v) is 7.20. The normalized spacial score (nSPS) is 15.3. The van der Waals surface area contributed by atoms with Crippen LogP contribution in [-0.4, -0.2) is 52.2 Å². The van der Waals surface area contributed by atoms with E-state index in [1.807, 2.05) is 24.3 Å². The molecule has 3 rings (SSSR count). The Hall–Kier alpha value is -2.08. The van der Waals surface area contributed by atoms with Crippen LogP contribution < -0.4 is 4.90 Å². The maximum absolute atomic E-state index is 12.2. The average Bonchev–Trinajstić information content (AvgIpc) is 2.94. The fourth-order valence-electron chi connectivity index (χ4n) is 2.40. The SMILES string of the molecule is Cc1nc(C(=O)N2CCN(c3ccc(Cl)cc3)CC2)n[nH]1. The van der Waals surface area contributed by atoms with Gasteiger partial charge in [-0.2, -0.15) is 0 Å². The Labute approximate surface area is 127 Å². The molecule has 2 aromatic rings. The highest BCUT2D eigenvalue weighted by molar-refractivity contribution is 6.30. The van der Waals surface area contributed by atoms with Gasteiger partial charge in [-0.15, -0.1) is 5.10 Å². The number of anilines is 1. The van der Waals surface area contributed by atoms with E-state index >= 15 is 0 Å². The number of rotatable bonds is 2. The first-order valence-electron chi connectivity index (χ1n) is 6.82. The summed E-state index contributed by atoms with van der Waals surface area (Å²) in [6.07, 6.45) is 0. The molecule has 0 unspecified atom stereocenters. The third kappa shape index (κ3) is 3.00. The molecule has 1 aromatic heterocycles. The van der Waals surface area contributed by atoms with Gasteiger partial charge in [-0.05, 0) is 31.2 Å². The topological polar surface area (TPSA) is 65.1 Å². The second kappa shape index (κ2) is 5.73. The number of piperazine rings is 1. The Bertz CT molecular complexity index is 631. The standard InChI is InChI=1S/C14H16ClN5O/c1-10-16-13(18-17-10)14(21)20-8-6-19(7-9-20)12-4-2-11(15)3-5-12/h2-5H,6-9H2,1H3,(H,16,17,18). The quantitative estimate of drug-likeness (QED) is 0.917. The zero-order valence-electron chi connectivity index (χ0n) is 11.7. The van der Waals surface area contributed by atoms with E-state index in [-0.39, 0.29) is 11.7 Å². The molecular weight excluding hydrogens is 290 g/mol. The highest BCUT2D eigenvalue weighted by atomic mass is 35.5. The number of aromatic amines is 1. The fraction of sp³-hybridized carbons (Fsp3) is 0.357. The van der Waals surface area contributed by atoms with Crippen LogP contribution in [0.4, 0.5) is 5.69 Å². The van der Waals surface area contributed by atoms with Gasteiger partial charge in [0.1, 0.15) is 5.82 Å². The van der Waals surface area contributed by atoms with Crippen LogP contribution in [-0.2, 0) is 0 Å². The third-order valence-electron chi connectivity index (χ3n) is 3.55. The van der Waals surface area contributed by atoms with Crippen molar-refractivity contribution >= 4 is 23.2 Å². The van der Waals surface area contributed by atoms with E-state index in [9.17, 15) is 4.79 Å². The molecule has 7 heteroatoms. The van der Waals surface area contributed by atoms with Gasteiger partial charge in [0.15, 0.2) is 0 Å². The first-order chi connectivity index (χ1) is 10.1. The molecule has 1 fully saturated rings. The Kier molecular flexibility index (Phi) is 3.79. The number of nitrogens with zero attached hydrogens (tertiary/aromatic N) is 4. The van der Waals surface area contributed by atoms with E-state index in [1.165, 1.54) is 0 Å². The number of hydrogen-bond acceptors (Lipinski definition) is 4. The van der Waals surface area contributed by atoms with Crippen molar-refractivity contribution in [1.82, 2.24) is 20.1 Å². The second-order valence-electron chi connectivity index (χ2n) is 5.00. The first kappa shape index (κ1) is 13.9. The van der Waals surface area contributed by atoms with Crippen molar-refractivity contribution in [1.29, 1.82) is 0 Å². The maximum atomic E-state index is 12.2. The maximum Gasteiger partial charge on any atom is 0.293 e. The number of carbonyl (C=O) groups is 1. The Morgan fingerprint density at radius 1 is 1.19 bits per heavy atom. The van der Waals surface area contributed by atoms with Gasteiger partial charge < -0.3 is 9.80 Å². The molecule has 1 aliphatic rings. The second-order valence-corrected chi connectivity index (χ2v) is 5.44. The van der Waals surface area contributed by atoms with E-state index < -0.39 is 0 Å². The lowest BCUT2D eigenvalue weighted by atomic mass is 10.2. The Morgan fingerprint density at radius 2 is 1.86 bits per heavy atom. The Morgan fingerprint density at radius 3 is 2.43 bits per heavy atom. The van der Waals surface area contributed by atoms with E-state index in [1.54, 1.807) is 11.8 Å². The van der Waals surface area contributed by atoms with Gasteiger partial charge >= 0.3 is 0 Å². The van der Waals surface area contributed by atoms with Gasteiger partial charge in [-0.3, -0.25) is 9.89 Å². The largest absolute Gasteiger partial charge is 0.368 e. The van der Waals surface area contributed by atoms with Crippen LogP contribution in [0.5, 0.6) is 0 Å². The molecule has 6 nitrogen and oxygen atoms in total. The van der Waals surface area contributed by atoms with Gasteiger partial charge in [0.25, 0.3) is 5.91 Å². The summed E-state index contributed by atoms with van der Waals surface area (Å²) in [5.74, 6) is 0.778. The molecule has 2 heterocycles. The molecule has 21 heavy (non-hydrogen) atoms. The molecule has 0 atom stereocenters. The van der Waals surface area contributed by atoms with Crippen LogP contribution in [0.2, 0.25) is 5.02 Å². The van der Waals surface area contributed by atoms with Gasteiger partial charge in [0, 0.05) is 36.9 Å². The van der Waals surface area contributed by atoms with E-state index in [4.69, 9.17) is 11.6 Å². The van der Waals surface area contributed by atoms with Crippen LogP contribution in [0.25, 0.3) is 0 Å². The van der Waals surface area contributed by atoms with Crippen molar-refractivity contribution < 1.29 is 4.79 Å². The summed E-state index contributed by atoms with van der Waals surface area (Å²) in [5, 5.41) is 7.35. The average molecular weight is 306 g/mol. The zero-order chi connectivity index (χ0) is 14.8. The van der Waals surface area contributed by atoms with Crippen LogP contribution in [0, 0.1) is 6.92 Å². The molecule has 1 N–H and O–H groups in total. The minimum absolute atomic E-state index is 0.116. The molecule has 1 saturated heterocycles. The van der Waals surface area contributed by atoms with Crippen molar-refractivity contribution in [3.8, 4) is 0 Å². The van der Waals surface area contributed by atoms with Gasteiger partial charge in [0.2, 0.25) is 5.82 Å². The molecular formula is C14H16ClN5O. The molecule has 1 aliphatic heterocycles. The summed E-state index contributed by atoms with van der Waals surface area (Å²) in [5.41, 5.74) is 1.13. The number of amides is 1. The summed E-state index contributed by atoms with van der Waals surface area (Å²) >= 11 is 5.90. The van der Waals surface area contributed by atoms with Crippen molar-refractivity contribution in [2.75, 3.05) is 31.1 Å². The minimum Gasteiger partial charge on any atom is -0.368 e. The summed E-state index contributed by atoms with van der Waals surface area (Å²) in [4.78, 5) is 20.4. The minimum atomic E-state index is -0.116. The predicted octanol–water partition coefficient (Wildman–Crippen LogP) is 1.73. The lowest BCUT2D eigenvalue weighted by Gasteiger charge is -2.35. The number of carbonyl (C=O) groups excluding carboxylic acids is 1. The van der Waals surface area contributed by atoms with Crippen LogP contribution in [0.3, 0.4) is 0 Å². The van der Waals surface area contributed by atoms with E-state index in [0.29, 0.717) is 18.9 Å². The number of H-pyrrole nitrogens is 1. The number of aryl methyl sites for hydroxylation is 1. The number of nitrogens with one attached hydrogen (secondary N) is 1. The monoisotopic (exact) mass is 305 g/mol. The third-order valence-corrected chi connectivity index (χ3v) is 3.80. The molecule has 0 spiro atoms. The van der Waals surface area contributed by atoms with Gasteiger partial charge in [0.05, 0.1) is 0 Å².